The van der Waals surface area contributed by atoms with Gasteiger partial charge in [-0.3, -0.25) is 4.79 Å². The number of rotatable bonds is 5. The average Bonchev–Trinajstić information content (AvgIpc) is 2.43. The number of ether oxygens (including phenoxy) is 2. The van der Waals surface area contributed by atoms with E-state index in [1.807, 2.05) is 13.8 Å². The summed E-state index contributed by atoms with van der Waals surface area (Å²) in [6, 6.07) is 0. The van der Waals surface area contributed by atoms with Crippen LogP contribution >= 0.6 is 0 Å². The highest BCUT2D eigenvalue weighted by Gasteiger charge is 2.47. The lowest BCUT2D eigenvalue weighted by Gasteiger charge is -2.50. The lowest BCUT2D eigenvalue weighted by atomic mass is 9.73. The van der Waals surface area contributed by atoms with Crippen molar-refractivity contribution in [3.05, 3.63) is 0 Å². The van der Waals surface area contributed by atoms with Crippen molar-refractivity contribution in [3.63, 3.8) is 0 Å². The van der Waals surface area contributed by atoms with Crippen LogP contribution in [0.25, 0.3) is 0 Å². The van der Waals surface area contributed by atoms with Gasteiger partial charge in [0.05, 0.1) is 18.8 Å². The van der Waals surface area contributed by atoms with Gasteiger partial charge in [-0.1, -0.05) is 0 Å². The zero-order valence-corrected chi connectivity index (χ0v) is 14.5. The molecule has 2 atom stereocenters. The third kappa shape index (κ3) is 4.43. The number of nitrogens with zero attached hydrogens (tertiary/aromatic N) is 1. The van der Waals surface area contributed by atoms with E-state index in [0.29, 0.717) is 19.7 Å². The number of likely N-dealkylation sites (tertiary alicyclic amines) is 1. The molecule has 0 aliphatic carbocycles. The van der Waals surface area contributed by atoms with Crippen molar-refractivity contribution in [1.82, 2.24) is 4.90 Å². The van der Waals surface area contributed by atoms with Crippen molar-refractivity contribution < 1.29 is 22.7 Å². The molecule has 2 aliphatic rings. The molecule has 0 saturated carbocycles. The maximum absolute atomic E-state index is 12.2. The average molecular weight is 333 g/mol. The Labute approximate surface area is 133 Å². The van der Waals surface area contributed by atoms with E-state index in [-0.39, 0.29) is 23.5 Å². The Morgan fingerprint density at radius 2 is 2.18 bits per heavy atom. The van der Waals surface area contributed by atoms with Gasteiger partial charge in [-0.05, 0) is 33.1 Å². The van der Waals surface area contributed by atoms with E-state index in [2.05, 4.69) is 0 Å². The first-order valence-electron chi connectivity index (χ1n) is 7.91. The molecule has 0 spiro atoms. The van der Waals surface area contributed by atoms with E-state index in [0.717, 1.165) is 32.1 Å². The van der Waals surface area contributed by atoms with Crippen LogP contribution in [0.2, 0.25) is 0 Å². The zero-order chi connectivity index (χ0) is 16.4. The number of fused-ring (bicyclic) bond motifs is 1. The molecule has 0 aromatic carbocycles. The minimum absolute atomic E-state index is 0.0993. The summed E-state index contributed by atoms with van der Waals surface area (Å²) in [5, 5.41) is 0. The number of hydrogen-bond acceptors (Lipinski definition) is 5. The fourth-order valence-corrected chi connectivity index (χ4v) is 3.99. The fraction of sp³-hybridized carbons (Fsp3) is 0.933. The van der Waals surface area contributed by atoms with Crippen LogP contribution in [0.15, 0.2) is 0 Å². The number of sulfone groups is 1. The van der Waals surface area contributed by atoms with Gasteiger partial charge in [-0.2, -0.15) is 0 Å². The Morgan fingerprint density at radius 3 is 2.82 bits per heavy atom. The standard InChI is InChI=1S/C15H27NO5S/c1-12(2)21-11-15-6-4-8-20-13(15)5-7-16(10-15)14(17)9-22(3,18)19/h12-13H,4-11H2,1-3H3. The first kappa shape index (κ1) is 17.7. The minimum Gasteiger partial charge on any atom is -0.378 e. The highest BCUT2D eigenvalue weighted by Crippen LogP contribution is 2.40. The molecule has 2 fully saturated rings. The van der Waals surface area contributed by atoms with Crippen LogP contribution in [0.4, 0.5) is 0 Å². The highest BCUT2D eigenvalue weighted by atomic mass is 32.2. The van der Waals surface area contributed by atoms with Gasteiger partial charge < -0.3 is 14.4 Å². The number of piperidine rings is 1. The number of amides is 1. The van der Waals surface area contributed by atoms with Gasteiger partial charge in [-0.25, -0.2) is 8.42 Å². The maximum Gasteiger partial charge on any atom is 0.237 e. The molecule has 22 heavy (non-hydrogen) atoms. The van der Waals surface area contributed by atoms with Crippen molar-refractivity contribution in [2.75, 3.05) is 38.3 Å². The number of carbonyl (C=O) groups is 1. The van der Waals surface area contributed by atoms with Gasteiger partial charge in [-0.15, -0.1) is 0 Å². The van der Waals surface area contributed by atoms with E-state index in [1.165, 1.54) is 0 Å². The van der Waals surface area contributed by atoms with E-state index in [9.17, 15) is 13.2 Å². The maximum atomic E-state index is 12.2. The van der Waals surface area contributed by atoms with Gasteiger partial charge >= 0.3 is 0 Å². The third-order valence-corrected chi connectivity index (χ3v) is 5.20. The van der Waals surface area contributed by atoms with E-state index in [4.69, 9.17) is 9.47 Å². The summed E-state index contributed by atoms with van der Waals surface area (Å²) in [6.07, 6.45) is 3.97. The Bertz CT molecular complexity index is 504. The fourth-order valence-electron chi connectivity index (χ4n) is 3.36. The van der Waals surface area contributed by atoms with E-state index >= 15 is 0 Å². The lowest BCUT2D eigenvalue weighted by Crippen LogP contribution is -2.58. The van der Waals surface area contributed by atoms with Gasteiger partial charge in [0, 0.05) is 31.4 Å². The smallest absolute Gasteiger partial charge is 0.237 e. The molecule has 1 amide bonds. The third-order valence-electron chi connectivity index (χ3n) is 4.43. The van der Waals surface area contributed by atoms with Crippen LogP contribution in [0.3, 0.4) is 0 Å². The molecular formula is C15H27NO5S. The summed E-state index contributed by atoms with van der Waals surface area (Å²) < 4.78 is 34.5. The molecule has 0 aromatic rings. The predicted molar refractivity (Wildman–Crippen MR) is 83.4 cm³/mol. The normalized spacial score (nSPS) is 29.5. The number of carbonyl (C=O) groups excluding carboxylic acids is 1. The first-order chi connectivity index (χ1) is 10.2. The minimum atomic E-state index is -3.30. The van der Waals surface area contributed by atoms with Crippen LogP contribution in [-0.2, 0) is 24.1 Å². The Balaban J connectivity index is 2.10. The topological polar surface area (TPSA) is 72.9 Å². The summed E-state index contributed by atoms with van der Waals surface area (Å²) in [5.41, 5.74) is -0.200. The molecule has 128 valence electrons. The van der Waals surface area contributed by atoms with E-state index < -0.39 is 15.6 Å². The van der Waals surface area contributed by atoms with Gasteiger partial charge in [0.15, 0.2) is 9.84 Å². The summed E-state index contributed by atoms with van der Waals surface area (Å²) in [5.74, 6) is -0.727. The highest BCUT2D eigenvalue weighted by molar-refractivity contribution is 7.91. The molecule has 2 heterocycles. The molecule has 7 heteroatoms. The second kappa shape index (κ2) is 6.84. The van der Waals surface area contributed by atoms with E-state index in [1.54, 1.807) is 4.90 Å². The summed E-state index contributed by atoms with van der Waals surface area (Å²) in [6.45, 7) is 6.38. The van der Waals surface area contributed by atoms with Gasteiger partial charge in [0.1, 0.15) is 5.75 Å². The molecule has 2 aliphatic heterocycles. The second-order valence-corrected chi connectivity index (χ2v) is 9.00. The van der Waals surface area contributed by atoms with Crippen molar-refractivity contribution in [3.8, 4) is 0 Å². The van der Waals surface area contributed by atoms with Crippen molar-refractivity contribution in [2.45, 2.75) is 45.3 Å². The first-order valence-corrected chi connectivity index (χ1v) is 9.97. The van der Waals surface area contributed by atoms with Gasteiger partial charge in [0.25, 0.3) is 0 Å². The predicted octanol–water partition coefficient (Wildman–Crippen LogP) is 0.854. The molecule has 0 N–H and O–H groups in total. The molecule has 0 bridgehead atoms. The largest absolute Gasteiger partial charge is 0.378 e. The summed E-state index contributed by atoms with van der Waals surface area (Å²) in [7, 11) is -3.30. The Kier molecular flexibility index (Phi) is 5.50. The van der Waals surface area contributed by atoms with Crippen LogP contribution < -0.4 is 0 Å². The summed E-state index contributed by atoms with van der Waals surface area (Å²) >= 11 is 0. The van der Waals surface area contributed by atoms with Crippen LogP contribution in [0.5, 0.6) is 0 Å². The second-order valence-electron chi connectivity index (χ2n) is 6.86. The van der Waals surface area contributed by atoms with Crippen LogP contribution in [0.1, 0.15) is 33.1 Å². The van der Waals surface area contributed by atoms with Crippen molar-refractivity contribution >= 4 is 15.7 Å². The Hall–Kier alpha value is -0.660. The monoisotopic (exact) mass is 333 g/mol. The zero-order valence-electron chi connectivity index (χ0n) is 13.7. The SMILES string of the molecule is CC(C)OCC12CCCOC1CCN(C(=O)CS(C)(=O)=O)C2. The quantitative estimate of drug-likeness (QED) is 0.746. The molecule has 0 radical (unpaired) electrons. The summed E-state index contributed by atoms with van der Waals surface area (Å²) in [4.78, 5) is 13.9. The van der Waals surface area contributed by atoms with Crippen LogP contribution in [0, 0.1) is 5.41 Å². The molecular weight excluding hydrogens is 306 g/mol. The molecule has 2 saturated heterocycles. The van der Waals surface area contributed by atoms with Gasteiger partial charge in [0.2, 0.25) is 5.91 Å². The van der Waals surface area contributed by atoms with Crippen molar-refractivity contribution in [1.29, 1.82) is 0 Å². The molecule has 2 unspecified atom stereocenters. The molecule has 2 rings (SSSR count). The number of hydrogen-bond donors (Lipinski definition) is 0. The molecule has 0 aromatic heterocycles. The molecule has 6 nitrogen and oxygen atoms in total. The Morgan fingerprint density at radius 1 is 1.45 bits per heavy atom. The van der Waals surface area contributed by atoms with Crippen molar-refractivity contribution in [2.24, 2.45) is 5.41 Å². The lowest BCUT2D eigenvalue weighted by molar-refractivity contribution is -0.166. The van der Waals surface area contributed by atoms with Crippen LogP contribution in [-0.4, -0.2) is 69.7 Å².